The first-order chi connectivity index (χ1) is 9.45. The summed E-state index contributed by atoms with van der Waals surface area (Å²) >= 11 is 0. The number of likely N-dealkylation sites (tertiary alicyclic amines) is 1. The van der Waals surface area contributed by atoms with Gasteiger partial charge < -0.3 is 19.9 Å². The molecular weight excluding hydrogens is 256 g/mol. The molecule has 2 N–H and O–H groups in total. The Hall–Kier alpha value is -0.200. The van der Waals surface area contributed by atoms with Crippen LogP contribution in [0.2, 0.25) is 0 Å². The lowest BCUT2D eigenvalue weighted by Gasteiger charge is -2.36. The van der Waals surface area contributed by atoms with E-state index >= 15 is 0 Å². The first-order valence-corrected chi connectivity index (χ1v) is 7.69. The third-order valence-electron chi connectivity index (χ3n) is 4.92. The zero-order chi connectivity index (χ0) is 14.8. The highest BCUT2D eigenvalue weighted by molar-refractivity contribution is 5.04. The Kier molecular flexibility index (Phi) is 5.42. The van der Waals surface area contributed by atoms with Crippen LogP contribution in [0.25, 0.3) is 0 Å². The van der Waals surface area contributed by atoms with Crippen molar-refractivity contribution in [1.82, 2.24) is 10.2 Å². The summed E-state index contributed by atoms with van der Waals surface area (Å²) < 4.78 is 10.6. The zero-order valence-corrected chi connectivity index (χ0v) is 13.3. The Labute approximate surface area is 122 Å². The molecule has 4 unspecified atom stereocenters. The fourth-order valence-corrected chi connectivity index (χ4v) is 3.68. The number of β-amino-alcohol motifs (C(OH)–C–C–N with tert-alkyl or cyclic N) is 1. The maximum atomic E-state index is 10.2. The van der Waals surface area contributed by atoms with Crippen molar-refractivity contribution in [2.24, 2.45) is 11.8 Å². The van der Waals surface area contributed by atoms with E-state index in [9.17, 15) is 5.11 Å². The van der Waals surface area contributed by atoms with Gasteiger partial charge in [-0.3, -0.25) is 4.90 Å². The highest BCUT2D eigenvalue weighted by Crippen LogP contribution is 2.40. The minimum absolute atomic E-state index is 0.0322. The zero-order valence-electron chi connectivity index (χ0n) is 13.3. The molecule has 2 fully saturated rings. The quantitative estimate of drug-likeness (QED) is 0.706. The molecule has 0 saturated carbocycles. The summed E-state index contributed by atoms with van der Waals surface area (Å²) in [6.45, 7) is 11.5. The molecule has 2 aliphatic rings. The lowest BCUT2D eigenvalue weighted by molar-refractivity contribution is -0.0455. The summed E-state index contributed by atoms with van der Waals surface area (Å²) in [5, 5.41) is 13.7. The van der Waals surface area contributed by atoms with Gasteiger partial charge in [0.15, 0.2) is 0 Å². The molecule has 0 aromatic heterocycles. The second-order valence-corrected chi connectivity index (χ2v) is 6.84. The Morgan fingerprint density at radius 2 is 2.10 bits per heavy atom. The minimum Gasteiger partial charge on any atom is -0.389 e. The van der Waals surface area contributed by atoms with E-state index in [1.54, 1.807) is 7.11 Å². The van der Waals surface area contributed by atoms with Crippen molar-refractivity contribution < 1.29 is 14.6 Å². The maximum absolute atomic E-state index is 10.2. The molecule has 0 bridgehead atoms. The van der Waals surface area contributed by atoms with Crippen LogP contribution in [0.4, 0.5) is 0 Å². The third-order valence-corrected chi connectivity index (χ3v) is 4.92. The number of aliphatic hydroxyl groups is 1. The number of hydrogen-bond donors (Lipinski definition) is 2. The van der Waals surface area contributed by atoms with Gasteiger partial charge in [0.05, 0.1) is 25.4 Å². The largest absolute Gasteiger partial charge is 0.389 e. The molecule has 4 atom stereocenters. The number of ether oxygens (including phenoxy) is 2. The van der Waals surface area contributed by atoms with Crippen molar-refractivity contribution in [2.45, 2.75) is 38.5 Å². The van der Waals surface area contributed by atoms with Crippen LogP contribution in [-0.2, 0) is 9.47 Å². The van der Waals surface area contributed by atoms with E-state index in [0.29, 0.717) is 25.7 Å². The second kappa shape index (κ2) is 6.71. The summed E-state index contributed by atoms with van der Waals surface area (Å²) in [7, 11) is 1.66. The van der Waals surface area contributed by atoms with Gasteiger partial charge in [0.2, 0.25) is 0 Å². The highest BCUT2D eigenvalue weighted by atomic mass is 16.5. The molecule has 0 aliphatic carbocycles. The topological polar surface area (TPSA) is 54.0 Å². The molecular formula is C15H30N2O3. The smallest absolute Gasteiger partial charge is 0.0900 e. The second-order valence-electron chi connectivity index (χ2n) is 6.84. The van der Waals surface area contributed by atoms with Gasteiger partial charge in [0.1, 0.15) is 0 Å². The van der Waals surface area contributed by atoms with Crippen LogP contribution >= 0.6 is 0 Å². The first-order valence-electron chi connectivity index (χ1n) is 7.69. The number of nitrogens with zero attached hydrogens (tertiary/aromatic N) is 1. The van der Waals surface area contributed by atoms with Gasteiger partial charge in [-0.15, -0.1) is 0 Å². The van der Waals surface area contributed by atoms with Gasteiger partial charge >= 0.3 is 0 Å². The summed E-state index contributed by atoms with van der Waals surface area (Å²) in [6, 6.07) is 0. The van der Waals surface area contributed by atoms with Crippen LogP contribution in [0, 0.1) is 11.8 Å². The fraction of sp³-hybridized carbons (Fsp3) is 1.00. The molecule has 0 radical (unpaired) electrons. The standard InChI is InChI=1S/C15H30N2O3/c1-11(9-19-4)20-10-13(18)8-17-7-12-5-16-6-14(12)15(17,2)3/h11-14,16,18H,5-10H2,1-4H3. The average molecular weight is 286 g/mol. The maximum Gasteiger partial charge on any atom is 0.0900 e. The summed E-state index contributed by atoms with van der Waals surface area (Å²) in [5.41, 5.74) is 0.160. The van der Waals surface area contributed by atoms with E-state index in [2.05, 4.69) is 24.1 Å². The Morgan fingerprint density at radius 1 is 1.35 bits per heavy atom. The molecule has 2 saturated heterocycles. The molecule has 5 heteroatoms. The van der Waals surface area contributed by atoms with Crippen LogP contribution in [0.1, 0.15) is 20.8 Å². The number of fused-ring (bicyclic) bond motifs is 1. The SMILES string of the molecule is COCC(C)OCC(O)CN1CC2CNCC2C1(C)C. The molecule has 0 aromatic carbocycles. The normalized spacial score (nSPS) is 32.2. The molecule has 0 spiro atoms. The van der Waals surface area contributed by atoms with Crippen molar-refractivity contribution in [3.05, 3.63) is 0 Å². The third kappa shape index (κ3) is 3.52. The van der Waals surface area contributed by atoms with Crippen LogP contribution in [0.15, 0.2) is 0 Å². The van der Waals surface area contributed by atoms with Gasteiger partial charge in [0, 0.05) is 32.3 Å². The van der Waals surface area contributed by atoms with E-state index in [-0.39, 0.29) is 11.6 Å². The van der Waals surface area contributed by atoms with Gasteiger partial charge in [-0.25, -0.2) is 0 Å². The minimum atomic E-state index is -0.430. The van der Waals surface area contributed by atoms with Gasteiger partial charge in [0.25, 0.3) is 0 Å². The van der Waals surface area contributed by atoms with Crippen molar-refractivity contribution in [2.75, 3.05) is 46.5 Å². The monoisotopic (exact) mass is 286 g/mol. The number of nitrogens with one attached hydrogen (secondary N) is 1. The Bertz CT molecular complexity index is 311. The van der Waals surface area contributed by atoms with E-state index in [0.717, 1.165) is 25.6 Å². The molecule has 0 amide bonds. The van der Waals surface area contributed by atoms with Crippen molar-refractivity contribution in [3.63, 3.8) is 0 Å². The fourth-order valence-electron chi connectivity index (χ4n) is 3.68. The predicted octanol–water partition coefficient (Wildman–Crippen LogP) is 0.329. The van der Waals surface area contributed by atoms with Gasteiger partial charge in [-0.2, -0.15) is 0 Å². The predicted molar refractivity (Wildman–Crippen MR) is 78.8 cm³/mol. The summed E-state index contributed by atoms with van der Waals surface area (Å²) in [6.07, 6.45) is -0.398. The number of aliphatic hydroxyl groups excluding tert-OH is 1. The summed E-state index contributed by atoms with van der Waals surface area (Å²) in [4.78, 5) is 2.43. The number of hydrogen-bond acceptors (Lipinski definition) is 5. The van der Waals surface area contributed by atoms with Crippen molar-refractivity contribution >= 4 is 0 Å². The van der Waals surface area contributed by atoms with Crippen LogP contribution in [0.3, 0.4) is 0 Å². The first kappa shape index (κ1) is 16.2. The van der Waals surface area contributed by atoms with Crippen molar-refractivity contribution in [1.29, 1.82) is 0 Å². The molecule has 0 aromatic rings. The molecule has 5 nitrogen and oxygen atoms in total. The van der Waals surface area contributed by atoms with Gasteiger partial charge in [-0.1, -0.05) is 0 Å². The van der Waals surface area contributed by atoms with E-state index in [4.69, 9.17) is 9.47 Å². The van der Waals surface area contributed by atoms with E-state index in [1.165, 1.54) is 0 Å². The Morgan fingerprint density at radius 3 is 2.75 bits per heavy atom. The molecule has 20 heavy (non-hydrogen) atoms. The molecule has 118 valence electrons. The van der Waals surface area contributed by atoms with Crippen LogP contribution in [-0.4, -0.2) is 74.3 Å². The van der Waals surface area contributed by atoms with Crippen LogP contribution < -0.4 is 5.32 Å². The lowest BCUT2D eigenvalue weighted by Crippen LogP contribution is -2.48. The van der Waals surface area contributed by atoms with Gasteiger partial charge in [-0.05, 0) is 39.2 Å². The van der Waals surface area contributed by atoms with Crippen LogP contribution in [0.5, 0.6) is 0 Å². The number of methoxy groups -OCH3 is 1. The average Bonchev–Trinajstić information content (AvgIpc) is 2.92. The molecule has 2 heterocycles. The Balaban J connectivity index is 1.78. The number of rotatable bonds is 7. The lowest BCUT2D eigenvalue weighted by atomic mass is 9.85. The molecule has 2 rings (SSSR count). The highest BCUT2D eigenvalue weighted by Gasteiger charge is 2.49. The molecule has 2 aliphatic heterocycles. The summed E-state index contributed by atoms with van der Waals surface area (Å²) in [5.74, 6) is 1.42. The van der Waals surface area contributed by atoms with E-state index < -0.39 is 6.10 Å². The van der Waals surface area contributed by atoms with Crippen molar-refractivity contribution in [3.8, 4) is 0 Å². The van der Waals surface area contributed by atoms with E-state index in [1.807, 2.05) is 6.92 Å².